The van der Waals surface area contributed by atoms with Gasteiger partial charge in [-0.3, -0.25) is 4.90 Å². The topological polar surface area (TPSA) is 44.8 Å². The first-order valence-electron chi connectivity index (χ1n) is 9.76. The van der Waals surface area contributed by atoms with Gasteiger partial charge in [0.05, 0.1) is 22.7 Å². The number of hydrogen-bond donors (Lipinski definition) is 1. The highest BCUT2D eigenvalue weighted by Gasteiger charge is 2.25. The molecule has 1 aromatic carbocycles. The number of piperazine rings is 1. The van der Waals surface area contributed by atoms with E-state index in [1.807, 2.05) is 32.0 Å². The van der Waals surface area contributed by atoms with Crippen LogP contribution in [-0.4, -0.2) is 54.2 Å². The van der Waals surface area contributed by atoms with Gasteiger partial charge in [0.25, 0.3) is 0 Å². The first-order valence-corrected chi connectivity index (χ1v) is 11.7. The molecule has 0 bridgehead atoms. The molecule has 162 valence electrons. The summed E-state index contributed by atoms with van der Waals surface area (Å²) >= 11 is 19.3. The first-order chi connectivity index (χ1) is 14.3. The third-order valence-corrected chi connectivity index (χ3v) is 7.38. The second kappa shape index (κ2) is 10.3. The lowest BCUT2D eigenvalue weighted by molar-refractivity contribution is 0.0601. The molecule has 1 aliphatic heterocycles. The van der Waals surface area contributed by atoms with Crippen LogP contribution in [0.15, 0.2) is 18.2 Å². The Bertz CT molecular complexity index is 941. The highest BCUT2D eigenvalue weighted by atomic mass is 35.5. The van der Waals surface area contributed by atoms with E-state index in [1.165, 1.54) is 7.11 Å². The number of aryl methyl sites for hydroxylation is 1. The predicted octanol–water partition coefficient (Wildman–Crippen LogP) is 5.23. The van der Waals surface area contributed by atoms with Gasteiger partial charge in [-0.2, -0.15) is 0 Å². The normalized spacial score (nSPS) is 14.6. The van der Waals surface area contributed by atoms with Crippen LogP contribution in [0.3, 0.4) is 0 Å². The van der Waals surface area contributed by atoms with Crippen molar-refractivity contribution in [3.63, 3.8) is 0 Å². The zero-order valence-electron chi connectivity index (χ0n) is 17.3. The van der Waals surface area contributed by atoms with Gasteiger partial charge in [-0.05, 0) is 48.8 Å². The van der Waals surface area contributed by atoms with Crippen LogP contribution in [0.2, 0.25) is 10.0 Å². The number of nitrogens with zero attached hydrogens (tertiary/aromatic N) is 2. The van der Waals surface area contributed by atoms with Crippen LogP contribution >= 0.6 is 46.8 Å². The molecule has 1 aliphatic rings. The summed E-state index contributed by atoms with van der Waals surface area (Å²) in [5.41, 5.74) is 2.76. The Morgan fingerprint density at radius 2 is 1.93 bits per heavy atom. The third kappa shape index (κ3) is 5.26. The number of esters is 1. The fourth-order valence-electron chi connectivity index (χ4n) is 3.59. The van der Waals surface area contributed by atoms with Crippen LogP contribution in [0.25, 0.3) is 0 Å². The summed E-state index contributed by atoms with van der Waals surface area (Å²) in [6.45, 7) is 8.27. The predicted molar refractivity (Wildman–Crippen MR) is 129 cm³/mol. The molecule has 0 saturated carbocycles. The molecule has 2 heterocycles. The molecule has 1 saturated heterocycles. The minimum Gasteiger partial charge on any atom is -0.465 e. The molecule has 1 aromatic heterocycles. The van der Waals surface area contributed by atoms with Gasteiger partial charge in [-0.1, -0.05) is 36.2 Å². The lowest BCUT2D eigenvalue weighted by Gasteiger charge is -2.36. The van der Waals surface area contributed by atoms with E-state index in [4.69, 9.17) is 40.2 Å². The standard InChI is InChI=1S/C21H25Cl2N3O2S2/c1-4-15-13(2)30-19(18(15)20(27)28-3)24-21(29)26-9-7-25(8-10-26)12-14-5-6-16(22)17(23)11-14/h5-6,11H,4,7-10,12H2,1-3H3,(H,24,29). The van der Waals surface area contributed by atoms with Crippen molar-refractivity contribution >= 4 is 62.8 Å². The van der Waals surface area contributed by atoms with Crippen LogP contribution in [0.4, 0.5) is 5.00 Å². The smallest absolute Gasteiger partial charge is 0.341 e. The van der Waals surface area contributed by atoms with Gasteiger partial charge in [0.2, 0.25) is 0 Å². The van der Waals surface area contributed by atoms with Crippen LogP contribution in [-0.2, 0) is 17.7 Å². The monoisotopic (exact) mass is 485 g/mol. The van der Waals surface area contributed by atoms with Crippen LogP contribution in [0, 0.1) is 6.92 Å². The van der Waals surface area contributed by atoms with E-state index >= 15 is 0 Å². The Hall–Kier alpha value is -1.38. The number of ether oxygens (including phenoxy) is 1. The van der Waals surface area contributed by atoms with Crippen molar-refractivity contribution in [1.82, 2.24) is 9.80 Å². The molecule has 0 atom stereocenters. The highest BCUT2D eigenvalue weighted by Crippen LogP contribution is 2.34. The number of thiophene rings is 1. The molecule has 1 fully saturated rings. The fourth-order valence-corrected chi connectivity index (χ4v) is 5.39. The van der Waals surface area contributed by atoms with Gasteiger partial charge in [0.15, 0.2) is 5.11 Å². The largest absolute Gasteiger partial charge is 0.465 e. The molecule has 9 heteroatoms. The number of rotatable bonds is 5. The second-order valence-electron chi connectivity index (χ2n) is 7.13. The van der Waals surface area contributed by atoms with E-state index in [0.717, 1.165) is 60.1 Å². The Kier molecular flexibility index (Phi) is 7.98. The fraction of sp³-hybridized carbons (Fsp3) is 0.429. The molecule has 0 amide bonds. The zero-order chi connectivity index (χ0) is 21.8. The number of thiocarbonyl (C=S) groups is 1. The zero-order valence-corrected chi connectivity index (χ0v) is 20.4. The van der Waals surface area contributed by atoms with E-state index in [9.17, 15) is 4.79 Å². The number of methoxy groups -OCH3 is 1. The summed E-state index contributed by atoms with van der Waals surface area (Å²) in [5, 5.41) is 5.85. The van der Waals surface area contributed by atoms with Gasteiger partial charge < -0.3 is 15.0 Å². The second-order valence-corrected chi connectivity index (χ2v) is 9.55. The Morgan fingerprint density at radius 3 is 2.53 bits per heavy atom. The molecule has 30 heavy (non-hydrogen) atoms. The highest BCUT2D eigenvalue weighted by molar-refractivity contribution is 7.80. The van der Waals surface area contributed by atoms with Crippen molar-refractivity contribution in [1.29, 1.82) is 0 Å². The number of nitrogens with one attached hydrogen (secondary N) is 1. The molecule has 0 aliphatic carbocycles. The maximum Gasteiger partial charge on any atom is 0.341 e. The number of anilines is 1. The van der Waals surface area contributed by atoms with E-state index < -0.39 is 0 Å². The molecule has 5 nitrogen and oxygen atoms in total. The van der Waals surface area contributed by atoms with Crippen molar-refractivity contribution < 1.29 is 9.53 Å². The number of hydrogen-bond acceptors (Lipinski definition) is 5. The third-order valence-electron chi connectivity index (χ3n) is 5.22. The summed E-state index contributed by atoms with van der Waals surface area (Å²) in [5.74, 6) is -0.326. The van der Waals surface area contributed by atoms with E-state index in [2.05, 4.69) is 15.1 Å². The quantitative estimate of drug-likeness (QED) is 0.462. The van der Waals surface area contributed by atoms with E-state index in [0.29, 0.717) is 20.7 Å². The number of carbonyl (C=O) groups excluding carboxylic acids is 1. The van der Waals surface area contributed by atoms with Gasteiger partial charge in [0.1, 0.15) is 5.00 Å². The first kappa shape index (κ1) is 23.3. The van der Waals surface area contributed by atoms with Crippen molar-refractivity contribution in [2.24, 2.45) is 0 Å². The van der Waals surface area contributed by atoms with Crippen molar-refractivity contribution in [3.05, 3.63) is 49.8 Å². The van der Waals surface area contributed by atoms with Crippen molar-refractivity contribution in [3.8, 4) is 0 Å². The summed E-state index contributed by atoms with van der Waals surface area (Å²) in [6.07, 6.45) is 0.772. The molecule has 0 radical (unpaired) electrons. The minimum atomic E-state index is -0.326. The van der Waals surface area contributed by atoms with Crippen LogP contribution in [0.1, 0.15) is 33.3 Å². The molecular formula is C21H25Cl2N3O2S2. The average Bonchev–Trinajstić information content (AvgIpc) is 3.05. The Balaban J connectivity index is 1.61. The summed E-state index contributed by atoms with van der Waals surface area (Å²) < 4.78 is 4.99. The minimum absolute atomic E-state index is 0.326. The Morgan fingerprint density at radius 1 is 1.23 bits per heavy atom. The van der Waals surface area contributed by atoms with Gasteiger partial charge in [0, 0.05) is 37.6 Å². The molecule has 3 rings (SSSR count). The molecule has 1 N–H and O–H groups in total. The van der Waals surface area contributed by atoms with Crippen LogP contribution in [0.5, 0.6) is 0 Å². The SMILES string of the molecule is CCc1c(C)sc(NC(=S)N2CCN(Cc3ccc(Cl)c(Cl)c3)CC2)c1C(=O)OC. The van der Waals surface area contributed by atoms with E-state index in [-0.39, 0.29) is 5.97 Å². The molecule has 0 unspecified atom stereocenters. The average molecular weight is 486 g/mol. The number of benzene rings is 1. The van der Waals surface area contributed by atoms with Gasteiger partial charge in [-0.15, -0.1) is 11.3 Å². The molecule has 2 aromatic rings. The molecule has 0 spiro atoms. The van der Waals surface area contributed by atoms with E-state index in [1.54, 1.807) is 11.3 Å². The maximum atomic E-state index is 12.3. The summed E-state index contributed by atoms with van der Waals surface area (Å²) in [6, 6.07) is 5.76. The van der Waals surface area contributed by atoms with Crippen molar-refractivity contribution in [2.45, 2.75) is 26.8 Å². The van der Waals surface area contributed by atoms with Crippen molar-refractivity contribution in [2.75, 3.05) is 38.6 Å². The summed E-state index contributed by atoms with van der Waals surface area (Å²) in [4.78, 5) is 17.9. The van der Waals surface area contributed by atoms with Gasteiger partial charge >= 0.3 is 5.97 Å². The molecular weight excluding hydrogens is 461 g/mol. The van der Waals surface area contributed by atoms with Gasteiger partial charge in [-0.25, -0.2) is 4.79 Å². The number of carbonyl (C=O) groups is 1. The summed E-state index contributed by atoms with van der Waals surface area (Å²) in [7, 11) is 1.41. The number of halogens is 2. The Labute approximate surface area is 196 Å². The maximum absolute atomic E-state index is 12.3. The lowest BCUT2D eigenvalue weighted by Crippen LogP contribution is -2.49. The van der Waals surface area contributed by atoms with Crippen LogP contribution < -0.4 is 5.32 Å². The lowest BCUT2D eigenvalue weighted by atomic mass is 10.1.